The first kappa shape index (κ1) is 19.4. The van der Waals surface area contributed by atoms with E-state index >= 15 is 0 Å². The molecule has 0 saturated carbocycles. The maximum atomic E-state index is 12.1. The SMILES string of the molecule is CC(C)c1cnc(NC(=O)Cc2csc(NC(=O)CN3CCCC3=O)n2)s1. The van der Waals surface area contributed by atoms with Crippen LogP contribution in [0, 0.1) is 0 Å². The molecule has 144 valence electrons. The van der Waals surface area contributed by atoms with Crippen molar-refractivity contribution >= 4 is 50.7 Å². The summed E-state index contributed by atoms with van der Waals surface area (Å²) in [6.45, 7) is 4.80. The molecule has 1 fully saturated rings. The van der Waals surface area contributed by atoms with Gasteiger partial charge in [0, 0.05) is 29.4 Å². The van der Waals surface area contributed by atoms with E-state index in [1.165, 1.54) is 27.6 Å². The molecular formula is C17H21N5O3S2. The lowest BCUT2D eigenvalue weighted by molar-refractivity contribution is -0.131. The molecule has 3 heterocycles. The van der Waals surface area contributed by atoms with Gasteiger partial charge in [-0.05, 0) is 12.3 Å². The average Bonchev–Trinajstić information content (AvgIpc) is 3.31. The van der Waals surface area contributed by atoms with E-state index < -0.39 is 0 Å². The van der Waals surface area contributed by atoms with Crippen molar-refractivity contribution in [2.45, 2.75) is 39.0 Å². The van der Waals surface area contributed by atoms with Gasteiger partial charge in [-0.1, -0.05) is 13.8 Å². The standard InChI is InChI=1S/C17H21N5O3S2/c1-10(2)12-7-18-16(27-12)20-13(23)6-11-9-26-17(19-11)21-14(24)8-22-5-3-4-15(22)25/h7,9-10H,3-6,8H2,1-2H3,(H,18,20,23)(H,19,21,24). The molecule has 0 spiro atoms. The summed E-state index contributed by atoms with van der Waals surface area (Å²) >= 11 is 2.71. The van der Waals surface area contributed by atoms with E-state index in [1.807, 2.05) is 0 Å². The van der Waals surface area contributed by atoms with E-state index in [4.69, 9.17) is 0 Å². The first-order valence-corrected chi connectivity index (χ1v) is 10.4. The van der Waals surface area contributed by atoms with Crippen molar-refractivity contribution in [3.63, 3.8) is 0 Å². The van der Waals surface area contributed by atoms with Crippen LogP contribution in [0.5, 0.6) is 0 Å². The summed E-state index contributed by atoms with van der Waals surface area (Å²) in [5.74, 6) is -0.108. The lowest BCUT2D eigenvalue weighted by atomic mass is 10.2. The fourth-order valence-corrected chi connectivity index (χ4v) is 4.15. The van der Waals surface area contributed by atoms with Crippen molar-refractivity contribution < 1.29 is 14.4 Å². The van der Waals surface area contributed by atoms with Gasteiger partial charge in [0.15, 0.2) is 10.3 Å². The van der Waals surface area contributed by atoms with Crippen LogP contribution >= 0.6 is 22.7 Å². The number of carbonyl (C=O) groups excluding carboxylic acids is 3. The van der Waals surface area contributed by atoms with Gasteiger partial charge in [0.05, 0.1) is 18.7 Å². The zero-order valence-electron chi connectivity index (χ0n) is 15.2. The van der Waals surface area contributed by atoms with Crippen LogP contribution in [0.3, 0.4) is 0 Å². The molecule has 0 aromatic carbocycles. The predicted octanol–water partition coefficient (Wildman–Crippen LogP) is 2.47. The molecule has 2 aromatic heterocycles. The number of hydrogen-bond acceptors (Lipinski definition) is 7. The van der Waals surface area contributed by atoms with Crippen LogP contribution < -0.4 is 10.6 Å². The Labute approximate surface area is 165 Å². The number of thiazole rings is 2. The maximum absolute atomic E-state index is 12.1. The number of aromatic nitrogens is 2. The van der Waals surface area contributed by atoms with Gasteiger partial charge in [0.2, 0.25) is 17.7 Å². The van der Waals surface area contributed by atoms with Gasteiger partial charge in [-0.3, -0.25) is 14.4 Å². The molecule has 0 aliphatic carbocycles. The highest BCUT2D eigenvalue weighted by atomic mass is 32.1. The molecule has 3 amide bonds. The van der Waals surface area contributed by atoms with Gasteiger partial charge in [-0.25, -0.2) is 9.97 Å². The second-order valence-electron chi connectivity index (χ2n) is 6.56. The molecule has 0 bridgehead atoms. The zero-order valence-corrected chi connectivity index (χ0v) is 16.8. The summed E-state index contributed by atoms with van der Waals surface area (Å²) in [5.41, 5.74) is 0.575. The lowest BCUT2D eigenvalue weighted by Gasteiger charge is -2.13. The summed E-state index contributed by atoms with van der Waals surface area (Å²) in [6, 6.07) is 0. The normalized spacial score (nSPS) is 14.0. The van der Waals surface area contributed by atoms with Crippen LogP contribution in [0.4, 0.5) is 10.3 Å². The molecule has 0 atom stereocenters. The summed E-state index contributed by atoms with van der Waals surface area (Å²) in [7, 11) is 0. The number of nitrogens with one attached hydrogen (secondary N) is 2. The number of rotatable bonds is 7. The van der Waals surface area contributed by atoms with Gasteiger partial charge < -0.3 is 15.5 Å². The van der Waals surface area contributed by atoms with E-state index in [2.05, 4.69) is 34.4 Å². The summed E-state index contributed by atoms with van der Waals surface area (Å²) < 4.78 is 0. The van der Waals surface area contributed by atoms with Crippen molar-refractivity contribution in [1.29, 1.82) is 0 Å². The van der Waals surface area contributed by atoms with E-state index in [9.17, 15) is 14.4 Å². The minimum absolute atomic E-state index is 0.00413. The smallest absolute Gasteiger partial charge is 0.245 e. The maximum Gasteiger partial charge on any atom is 0.245 e. The molecule has 1 aliphatic heterocycles. The Kier molecular flexibility index (Phi) is 6.17. The second-order valence-corrected chi connectivity index (χ2v) is 8.48. The van der Waals surface area contributed by atoms with Gasteiger partial charge >= 0.3 is 0 Å². The number of hydrogen-bond donors (Lipinski definition) is 2. The summed E-state index contributed by atoms with van der Waals surface area (Å²) in [6.07, 6.45) is 3.17. The van der Waals surface area contributed by atoms with Crippen LogP contribution in [0.15, 0.2) is 11.6 Å². The van der Waals surface area contributed by atoms with E-state index in [0.717, 1.165) is 11.3 Å². The van der Waals surface area contributed by atoms with Crippen LogP contribution in [0.25, 0.3) is 0 Å². The molecule has 2 N–H and O–H groups in total. The first-order chi connectivity index (χ1) is 12.9. The molecule has 10 heteroatoms. The Morgan fingerprint density at radius 2 is 2.04 bits per heavy atom. The Morgan fingerprint density at radius 3 is 2.70 bits per heavy atom. The molecule has 8 nitrogen and oxygen atoms in total. The predicted molar refractivity (Wildman–Crippen MR) is 105 cm³/mol. The highest BCUT2D eigenvalue weighted by molar-refractivity contribution is 7.15. The van der Waals surface area contributed by atoms with Crippen LogP contribution in [-0.2, 0) is 20.8 Å². The quantitative estimate of drug-likeness (QED) is 0.734. The minimum atomic E-state index is -0.278. The van der Waals surface area contributed by atoms with Crippen molar-refractivity contribution in [3.05, 3.63) is 22.1 Å². The number of nitrogens with zero attached hydrogens (tertiary/aromatic N) is 3. The third-order valence-corrected chi connectivity index (χ3v) is 6.00. The van der Waals surface area contributed by atoms with Crippen molar-refractivity contribution in [1.82, 2.24) is 14.9 Å². The second kappa shape index (κ2) is 8.57. The topological polar surface area (TPSA) is 104 Å². The van der Waals surface area contributed by atoms with E-state index in [0.29, 0.717) is 34.8 Å². The monoisotopic (exact) mass is 407 g/mol. The van der Waals surface area contributed by atoms with Crippen molar-refractivity contribution in [3.8, 4) is 0 Å². The van der Waals surface area contributed by atoms with Crippen LogP contribution in [-0.4, -0.2) is 45.7 Å². The third-order valence-electron chi connectivity index (χ3n) is 3.98. The van der Waals surface area contributed by atoms with Crippen LogP contribution in [0.1, 0.15) is 43.2 Å². The fourth-order valence-electron chi connectivity index (χ4n) is 2.59. The number of anilines is 2. The van der Waals surface area contributed by atoms with Gasteiger partial charge in [-0.15, -0.1) is 22.7 Å². The Hall–Kier alpha value is -2.33. The Bertz CT molecular complexity index is 845. The zero-order chi connectivity index (χ0) is 19.4. The molecule has 27 heavy (non-hydrogen) atoms. The summed E-state index contributed by atoms with van der Waals surface area (Å²) in [5, 5.41) is 8.18. The van der Waals surface area contributed by atoms with Crippen molar-refractivity contribution in [2.75, 3.05) is 23.7 Å². The Morgan fingerprint density at radius 1 is 1.26 bits per heavy atom. The molecule has 1 saturated heterocycles. The number of amides is 3. The number of likely N-dealkylation sites (tertiary alicyclic amines) is 1. The third kappa shape index (κ3) is 5.33. The molecule has 1 aliphatic rings. The minimum Gasteiger partial charge on any atom is -0.333 e. The van der Waals surface area contributed by atoms with E-state index in [1.54, 1.807) is 11.6 Å². The fraction of sp³-hybridized carbons (Fsp3) is 0.471. The van der Waals surface area contributed by atoms with Gasteiger partial charge in [-0.2, -0.15) is 0 Å². The summed E-state index contributed by atoms with van der Waals surface area (Å²) in [4.78, 5) is 46.8. The van der Waals surface area contributed by atoms with Gasteiger partial charge in [0.1, 0.15) is 0 Å². The highest BCUT2D eigenvalue weighted by Gasteiger charge is 2.22. The van der Waals surface area contributed by atoms with Gasteiger partial charge in [0.25, 0.3) is 0 Å². The van der Waals surface area contributed by atoms with Crippen LogP contribution in [0.2, 0.25) is 0 Å². The Balaban J connectivity index is 1.48. The lowest BCUT2D eigenvalue weighted by Crippen LogP contribution is -2.33. The van der Waals surface area contributed by atoms with Crippen molar-refractivity contribution in [2.24, 2.45) is 0 Å². The highest BCUT2D eigenvalue weighted by Crippen LogP contribution is 2.25. The molecular weight excluding hydrogens is 386 g/mol. The molecule has 0 radical (unpaired) electrons. The molecule has 2 aromatic rings. The largest absolute Gasteiger partial charge is 0.333 e. The average molecular weight is 408 g/mol. The molecule has 0 unspecified atom stereocenters. The molecule has 3 rings (SSSR count). The first-order valence-electron chi connectivity index (χ1n) is 8.68. The van der Waals surface area contributed by atoms with E-state index in [-0.39, 0.29) is 30.7 Å². The number of carbonyl (C=O) groups is 3.